The van der Waals surface area contributed by atoms with Crippen LogP contribution < -0.4 is 0 Å². The number of nitrogens with zero attached hydrogens (tertiary/aromatic N) is 1. The fourth-order valence-electron chi connectivity index (χ4n) is 1.95. The van der Waals surface area contributed by atoms with Gasteiger partial charge in [0.1, 0.15) is 0 Å². The molecule has 1 N–H and O–H groups in total. The van der Waals surface area contributed by atoms with Gasteiger partial charge in [-0.1, -0.05) is 23.2 Å². The Kier molecular flexibility index (Phi) is 3.73. The summed E-state index contributed by atoms with van der Waals surface area (Å²) in [5.74, 6) is -0.831. The van der Waals surface area contributed by atoms with Crippen LogP contribution in [0, 0.1) is 6.92 Å². The van der Waals surface area contributed by atoms with E-state index in [2.05, 4.69) is 4.98 Å². The molecule has 0 unspecified atom stereocenters. The van der Waals surface area contributed by atoms with Crippen molar-refractivity contribution >= 4 is 40.1 Å². The van der Waals surface area contributed by atoms with E-state index in [0.717, 1.165) is 16.6 Å². The van der Waals surface area contributed by atoms with Crippen molar-refractivity contribution < 1.29 is 9.90 Å². The fraction of sp³-hybridized carbons (Fsp3) is 0.231. The molecule has 0 radical (unpaired) electrons. The minimum absolute atomic E-state index is 0.0670. The molecule has 3 nitrogen and oxygen atoms in total. The number of carboxylic acids is 1. The largest absolute Gasteiger partial charge is 0.481 e. The number of hydrogen-bond donors (Lipinski definition) is 1. The molecule has 0 aliphatic rings. The number of aliphatic carboxylic acids is 1. The van der Waals surface area contributed by atoms with Crippen molar-refractivity contribution in [1.82, 2.24) is 4.98 Å². The van der Waals surface area contributed by atoms with Crippen LogP contribution in [0.5, 0.6) is 0 Å². The summed E-state index contributed by atoms with van der Waals surface area (Å²) in [6.45, 7) is 1.86. The molecular weight excluding hydrogens is 273 g/mol. The minimum Gasteiger partial charge on any atom is -0.481 e. The van der Waals surface area contributed by atoms with E-state index >= 15 is 0 Å². The second-order valence-corrected chi connectivity index (χ2v) is 4.94. The monoisotopic (exact) mass is 283 g/mol. The Balaban J connectivity index is 2.60. The third-order valence-corrected chi connectivity index (χ3v) is 3.16. The molecule has 2 aromatic rings. The van der Waals surface area contributed by atoms with Gasteiger partial charge in [0, 0.05) is 22.5 Å². The average molecular weight is 284 g/mol. The van der Waals surface area contributed by atoms with E-state index in [1.54, 1.807) is 12.1 Å². The van der Waals surface area contributed by atoms with E-state index in [1.807, 2.05) is 13.0 Å². The summed E-state index contributed by atoms with van der Waals surface area (Å²) in [6.07, 6.45) is 0.494. The lowest BCUT2D eigenvalue weighted by molar-refractivity contribution is -0.136. The second-order valence-electron chi connectivity index (χ2n) is 4.10. The Morgan fingerprint density at radius 1 is 1.33 bits per heavy atom. The quantitative estimate of drug-likeness (QED) is 0.930. The van der Waals surface area contributed by atoms with Gasteiger partial charge in [-0.2, -0.15) is 0 Å². The molecule has 0 aliphatic carbocycles. The molecule has 0 fully saturated rings. The normalized spacial score (nSPS) is 10.8. The van der Waals surface area contributed by atoms with Gasteiger partial charge in [-0.05, 0) is 37.1 Å². The van der Waals surface area contributed by atoms with E-state index < -0.39 is 5.97 Å². The molecule has 0 spiro atoms. The summed E-state index contributed by atoms with van der Waals surface area (Å²) in [5.41, 5.74) is 2.41. The minimum atomic E-state index is -0.831. The van der Waals surface area contributed by atoms with Crippen LogP contribution in [0.3, 0.4) is 0 Å². The molecule has 2 rings (SSSR count). The standard InChI is InChI=1S/C13H11Cl2NO2/c1-7-4-8(2-3-12(17)18)13-10(15)5-9(14)6-11(13)16-7/h4-6H,2-3H2,1H3,(H,17,18). The van der Waals surface area contributed by atoms with Crippen LogP contribution in [0.4, 0.5) is 0 Å². The predicted molar refractivity (Wildman–Crippen MR) is 72.5 cm³/mol. The van der Waals surface area contributed by atoms with E-state index in [-0.39, 0.29) is 6.42 Å². The number of halogens is 2. The third-order valence-electron chi connectivity index (χ3n) is 2.64. The molecule has 0 saturated heterocycles. The van der Waals surface area contributed by atoms with E-state index in [9.17, 15) is 4.79 Å². The van der Waals surface area contributed by atoms with Crippen LogP contribution in [0.1, 0.15) is 17.7 Å². The highest BCUT2D eigenvalue weighted by Gasteiger charge is 2.10. The summed E-state index contributed by atoms with van der Waals surface area (Å²) >= 11 is 12.1. The van der Waals surface area contributed by atoms with Crippen LogP contribution in [0.25, 0.3) is 10.9 Å². The Bertz CT molecular complexity index is 621. The Labute approximate surface area is 114 Å². The highest BCUT2D eigenvalue weighted by Crippen LogP contribution is 2.30. The SMILES string of the molecule is Cc1cc(CCC(=O)O)c2c(Cl)cc(Cl)cc2n1. The van der Waals surface area contributed by atoms with Gasteiger partial charge in [0.2, 0.25) is 0 Å². The zero-order valence-electron chi connectivity index (χ0n) is 9.70. The first kappa shape index (κ1) is 13.1. The molecule has 5 heteroatoms. The second kappa shape index (κ2) is 5.12. The number of rotatable bonds is 3. The number of pyridine rings is 1. The lowest BCUT2D eigenvalue weighted by Gasteiger charge is -2.09. The first-order chi connectivity index (χ1) is 8.47. The number of carboxylic acid groups (broad SMARTS) is 1. The maximum absolute atomic E-state index is 10.7. The Morgan fingerprint density at radius 2 is 2.06 bits per heavy atom. The average Bonchev–Trinajstić information content (AvgIpc) is 2.24. The van der Waals surface area contributed by atoms with Crippen molar-refractivity contribution in [3.05, 3.63) is 39.5 Å². The zero-order valence-corrected chi connectivity index (χ0v) is 11.2. The van der Waals surface area contributed by atoms with Crippen molar-refractivity contribution in [2.45, 2.75) is 19.8 Å². The van der Waals surface area contributed by atoms with Crippen LogP contribution in [-0.2, 0) is 11.2 Å². The molecule has 0 bridgehead atoms. The van der Waals surface area contributed by atoms with Crippen molar-refractivity contribution in [1.29, 1.82) is 0 Å². The molecule has 1 aromatic carbocycles. The van der Waals surface area contributed by atoms with E-state index in [4.69, 9.17) is 28.3 Å². The van der Waals surface area contributed by atoms with Gasteiger partial charge in [-0.3, -0.25) is 9.78 Å². The highest BCUT2D eigenvalue weighted by atomic mass is 35.5. The van der Waals surface area contributed by atoms with Crippen molar-refractivity contribution in [3.63, 3.8) is 0 Å². The van der Waals surface area contributed by atoms with Crippen molar-refractivity contribution in [2.24, 2.45) is 0 Å². The maximum Gasteiger partial charge on any atom is 0.303 e. The molecule has 94 valence electrons. The Morgan fingerprint density at radius 3 is 2.72 bits per heavy atom. The molecule has 0 aliphatic heterocycles. The number of aryl methyl sites for hydroxylation is 2. The van der Waals surface area contributed by atoms with Gasteiger partial charge in [-0.15, -0.1) is 0 Å². The number of aromatic nitrogens is 1. The zero-order chi connectivity index (χ0) is 13.3. The van der Waals surface area contributed by atoms with Gasteiger partial charge < -0.3 is 5.11 Å². The molecule has 0 atom stereocenters. The fourth-order valence-corrected chi connectivity index (χ4v) is 2.56. The van der Waals surface area contributed by atoms with Gasteiger partial charge in [0.15, 0.2) is 0 Å². The number of benzene rings is 1. The summed E-state index contributed by atoms with van der Waals surface area (Å²) in [5, 5.41) is 10.6. The third kappa shape index (κ3) is 2.74. The topological polar surface area (TPSA) is 50.2 Å². The molecule has 1 heterocycles. The van der Waals surface area contributed by atoms with E-state index in [1.165, 1.54) is 0 Å². The van der Waals surface area contributed by atoms with Gasteiger partial charge >= 0.3 is 5.97 Å². The highest BCUT2D eigenvalue weighted by molar-refractivity contribution is 6.38. The summed E-state index contributed by atoms with van der Waals surface area (Å²) in [4.78, 5) is 15.0. The van der Waals surface area contributed by atoms with Crippen LogP contribution in [0.2, 0.25) is 10.0 Å². The first-order valence-electron chi connectivity index (χ1n) is 5.44. The molecule has 1 aromatic heterocycles. The summed E-state index contributed by atoms with van der Waals surface area (Å²) in [7, 11) is 0. The molecular formula is C13H11Cl2NO2. The lowest BCUT2D eigenvalue weighted by atomic mass is 10.0. The van der Waals surface area contributed by atoms with Crippen LogP contribution >= 0.6 is 23.2 Å². The van der Waals surface area contributed by atoms with Crippen LogP contribution in [0.15, 0.2) is 18.2 Å². The predicted octanol–water partition coefficient (Wildman–Crippen LogP) is 3.87. The molecule has 0 amide bonds. The van der Waals surface area contributed by atoms with Gasteiger partial charge in [0.25, 0.3) is 0 Å². The number of hydrogen-bond acceptors (Lipinski definition) is 2. The van der Waals surface area contributed by atoms with E-state index in [0.29, 0.717) is 22.0 Å². The number of carbonyl (C=O) groups is 1. The smallest absolute Gasteiger partial charge is 0.303 e. The van der Waals surface area contributed by atoms with Gasteiger partial charge in [-0.25, -0.2) is 0 Å². The maximum atomic E-state index is 10.7. The number of fused-ring (bicyclic) bond motifs is 1. The molecule has 0 saturated carbocycles. The van der Waals surface area contributed by atoms with Crippen LogP contribution in [-0.4, -0.2) is 16.1 Å². The van der Waals surface area contributed by atoms with Crippen molar-refractivity contribution in [3.8, 4) is 0 Å². The van der Waals surface area contributed by atoms with Crippen molar-refractivity contribution in [2.75, 3.05) is 0 Å². The lowest BCUT2D eigenvalue weighted by Crippen LogP contribution is -2.00. The first-order valence-corrected chi connectivity index (χ1v) is 6.20. The Hall–Kier alpha value is -1.32. The summed E-state index contributed by atoms with van der Waals surface area (Å²) in [6, 6.07) is 5.25. The molecule has 18 heavy (non-hydrogen) atoms. The summed E-state index contributed by atoms with van der Waals surface area (Å²) < 4.78 is 0. The van der Waals surface area contributed by atoms with Gasteiger partial charge in [0.05, 0.1) is 10.5 Å².